The third kappa shape index (κ3) is 5.18. The molecule has 0 aliphatic carbocycles. The van der Waals surface area contributed by atoms with Gasteiger partial charge in [0.05, 0.1) is 12.0 Å². The molecule has 0 unspecified atom stereocenters. The van der Waals surface area contributed by atoms with E-state index in [1.807, 2.05) is 30.3 Å². The summed E-state index contributed by atoms with van der Waals surface area (Å²) in [5, 5.41) is 0.480. The van der Waals surface area contributed by atoms with Crippen LogP contribution >= 0.6 is 0 Å². The van der Waals surface area contributed by atoms with Gasteiger partial charge in [0.2, 0.25) is 11.7 Å². The topological polar surface area (TPSA) is 106 Å². The molecular formula is C26H26N2O7. The van der Waals surface area contributed by atoms with Gasteiger partial charge >= 0.3 is 17.6 Å². The van der Waals surface area contributed by atoms with E-state index in [1.54, 1.807) is 17.9 Å². The molecule has 2 heterocycles. The van der Waals surface area contributed by atoms with Crippen LogP contribution in [0.4, 0.5) is 5.69 Å². The minimum absolute atomic E-state index is 0.0193. The fourth-order valence-corrected chi connectivity index (χ4v) is 4.21. The molecule has 0 radical (unpaired) electrons. The number of aryl methyl sites for hydroxylation is 1. The second-order valence-corrected chi connectivity index (χ2v) is 8.33. The first kappa shape index (κ1) is 24.0. The number of nitrogens with zero attached hydrogens (tertiary/aromatic N) is 2. The molecule has 4 rings (SSSR count). The zero-order valence-electron chi connectivity index (χ0n) is 19.8. The molecule has 0 bridgehead atoms. The molecule has 1 amide bonds. The maximum atomic E-state index is 13.0. The minimum Gasteiger partial charge on any atom is -0.423 e. The van der Waals surface area contributed by atoms with Crippen LogP contribution < -0.4 is 20.0 Å². The normalized spacial score (nSPS) is 13.6. The summed E-state index contributed by atoms with van der Waals surface area (Å²) < 4.78 is 15.8. The van der Waals surface area contributed by atoms with Gasteiger partial charge < -0.3 is 23.7 Å². The Morgan fingerprint density at radius 1 is 0.914 bits per heavy atom. The molecule has 182 valence electrons. The van der Waals surface area contributed by atoms with Gasteiger partial charge in [-0.05, 0) is 36.8 Å². The number of carbonyl (C=O) groups excluding carboxylic acids is 3. The fraction of sp³-hybridized carbons (Fsp3) is 0.308. The van der Waals surface area contributed by atoms with Gasteiger partial charge in [-0.15, -0.1) is 0 Å². The van der Waals surface area contributed by atoms with Crippen LogP contribution in [-0.4, -0.2) is 48.9 Å². The van der Waals surface area contributed by atoms with Crippen LogP contribution in [0.5, 0.6) is 11.5 Å². The number of anilines is 1. The summed E-state index contributed by atoms with van der Waals surface area (Å²) in [4.78, 5) is 53.0. The Morgan fingerprint density at radius 2 is 1.57 bits per heavy atom. The van der Waals surface area contributed by atoms with Crippen molar-refractivity contribution in [3.05, 3.63) is 64.0 Å². The Kier molecular flexibility index (Phi) is 6.86. The first-order chi connectivity index (χ1) is 16.7. The lowest BCUT2D eigenvalue weighted by Crippen LogP contribution is -2.49. The Bertz CT molecular complexity index is 1340. The quantitative estimate of drug-likeness (QED) is 0.313. The second-order valence-electron chi connectivity index (χ2n) is 8.33. The smallest absolute Gasteiger partial charge is 0.340 e. The predicted molar refractivity (Wildman–Crippen MR) is 129 cm³/mol. The minimum atomic E-state index is -0.709. The highest BCUT2D eigenvalue weighted by Crippen LogP contribution is 2.37. The number of rotatable bonds is 5. The van der Waals surface area contributed by atoms with E-state index < -0.39 is 17.6 Å². The van der Waals surface area contributed by atoms with Crippen LogP contribution in [-0.2, 0) is 20.8 Å². The maximum absolute atomic E-state index is 13.0. The van der Waals surface area contributed by atoms with Crippen LogP contribution in [0.25, 0.3) is 11.0 Å². The van der Waals surface area contributed by atoms with E-state index in [-0.39, 0.29) is 35.0 Å². The molecule has 0 atom stereocenters. The molecule has 0 saturated carbocycles. The number of fused-ring (bicyclic) bond motifs is 1. The van der Waals surface area contributed by atoms with Crippen molar-refractivity contribution in [2.45, 2.75) is 27.2 Å². The Morgan fingerprint density at radius 3 is 2.20 bits per heavy atom. The van der Waals surface area contributed by atoms with Crippen molar-refractivity contribution in [2.75, 3.05) is 31.1 Å². The number of piperazine rings is 1. The average molecular weight is 479 g/mol. The van der Waals surface area contributed by atoms with Crippen LogP contribution in [0.3, 0.4) is 0 Å². The van der Waals surface area contributed by atoms with E-state index in [0.29, 0.717) is 37.1 Å². The summed E-state index contributed by atoms with van der Waals surface area (Å²) in [6, 6.07) is 13.1. The number of benzene rings is 2. The van der Waals surface area contributed by atoms with Gasteiger partial charge in [-0.3, -0.25) is 14.4 Å². The first-order valence-electron chi connectivity index (χ1n) is 11.3. The zero-order valence-corrected chi connectivity index (χ0v) is 19.8. The lowest BCUT2D eigenvalue weighted by molar-refractivity contribution is -0.134. The van der Waals surface area contributed by atoms with E-state index in [0.717, 1.165) is 5.69 Å². The molecule has 1 aliphatic rings. The molecule has 3 aromatic rings. The van der Waals surface area contributed by atoms with Crippen molar-refractivity contribution < 1.29 is 28.3 Å². The lowest BCUT2D eigenvalue weighted by Gasteiger charge is -2.36. The Balaban J connectivity index is 1.58. The van der Waals surface area contributed by atoms with Crippen molar-refractivity contribution >= 4 is 34.5 Å². The van der Waals surface area contributed by atoms with Gasteiger partial charge in [0.15, 0.2) is 11.3 Å². The fourth-order valence-electron chi connectivity index (χ4n) is 4.21. The predicted octanol–water partition coefficient (Wildman–Crippen LogP) is 2.84. The molecular weight excluding hydrogens is 452 g/mol. The summed E-state index contributed by atoms with van der Waals surface area (Å²) in [5.41, 5.74) is 1.16. The second kappa shape index (κ2) is 10.0. The van der Waals surface area contributed by atoms with E-state index >= 15 is 0 Å². The number of carbonyl (C=O) groups is 3. The van der Waals surface area contributed by atoms with Crippen LogP contribution in [0, 0.1) is 6.92 Å². The van der Waals surface area contributed by atoms with Crippen molar-refractivity contribution in [1.29, 1.82) is 0 Å². The van der Waals surface area contributed by atoms with Gasteiger partial charge in [0.25, 0.3) is 0 Å². The van der Waals surface area contributed by atoms with Crippen LogP contribution in [0.2, 0.25) is 0 Å². The van der Waals surface area contributed by atoms with Crippen LogP contribution in [0.1, 0.15) is 25.0 Å². The molecule has 9 nitrogen and oxygen atoms in total. The van der Waals surface area contributed by atoms with Gasteiger partial charge in [-0.1, -0.05) is 18.2 Å². The monoisotopic (exact) mass is 478 g/mol. The van der Waals surface area contributed by atoms with Crippen molar-refractivity contribution in [3.63, 3.8) is 0 Å². The number of para-hydroxylation sites is 1. The third-order valence-corrected chi connectivity index (χ3v) is 5.96. The standard InChI is InChI=1S/C26H26N2O7/c1-16-20-9-10-22(33-17(2)29)25(34-18(3)30)24(20)35-26(32)21(16)15-23(31)28-13-11-27(12-14-28)19-7-5-4-6-8-19/h4-10H,11-15H2,1-3H3. The largest absolute Gasteiger partial charge is 0.423 e. The van der Waals surface area contributed by atoms with Crippen molar-refractivity contribution in [2.24, 2.45) is 0 Å². The molecule has 2 aromatic carbocycles. The molecule has 35 heavy (non-hydrogen) atoms. The van der Waals surface area contributed by atoms with Gasteiger partial charge in [0, 0.05) is 51.1 Å². The summed E-state index contributed by atoms with van der Waals surface area (Å²) in [6.45, 7) is 6.60. The SMILES string of the molecule is CC(=O)Oc1ccc2c(C)c(CC(=O)N3CCN(c4ccccc4)CC3)c(=O)oc2c1OC(C)=O. The summed E-state index contributed by atoms with van der Waals surface area (Å²) in [5.74, 6) is -1.64. The molecule has 9 heteroatoms. The summed E-state index contributed by atoms with van der Waals surface area (Å²) in [6.07, 6.45) is -0.107. The third-order valence-electron chi connectivity index (χ3n) is 5.96. The summed E-state index contributed by atoms with van der Waals surface area (Å²) in [7, 11) is 0. The molecule has 0 N–H and O–H groups in total. The Labute approximate surface area is 201 Å². The molecule has 1 saturated heterocycles. The molecule has 1 aromatic heterocycles. The van der Waals surface area contributed by atoms with E-state index in [2.05, 4.69) is 4.90 Å². The maximum Gasteiger partial charge on any atom is 0.340 e. The van der Waals surface area contributed by atoms with Crippen molar-refractivity contribution in [1.82, 2.24) is 4.90 Å². The molecule has 1 aliphatic heterocycles. The number of hydrogen-bond acceptors (Lipinski definition) is 8. The van der Waals surface area contributed by atoms with Crippen LogP contribution in [0.15, 0.2) is 51.7 Å². The highest BCUT2D eigenvalue weighted by molar-refractivity contribution is 5.92. The van der Waals surface area contributed by atoms with E-state index in [1.165, 1.54) is 19.9 Å². The van der Waals surface area contributed by atoms with Gasteiger partial charge in [-0.2, -0.15) is 0 Å². The number of ether oxygens (including phenoxy) is 2. The number of esters is 2. The number of amides is 1. The van der Waals surface area contributed by atoms with Gasteiger partial charge in [0.1, 0.15) is 0 Å². The van der Waals surface area contributed by atoms with Crippen molar-refractivity contribution in [3.8, 4) is 11.5 Å². The number of hydrogen-bond donors (Lipinski definition) is 0. The van der Waals surface area contributed by atoms with E-state index in [9.17, 15) is 19.2 Å². The highest BCUT2D eigenvalue weighted by atomic mass is 16.6. The lowest BCUT2D eigenvalue weighted by atomic mass is 10.0. The molecule has 0 spiro atoms. The summed E-state index contributed by atoms with van der Waals surface area (Å²) >= 11 is 0. The zero-order chi connectivity index (χ0) is 25.1. The average Bonchev–Trinajstić information content (AvgIpc) is 2.83. The van der Waals surface area contributed by atoms with E-state index in [4.69, 9.17) is 13.9 Å². The Hall–Kier alpha value is -4.14. The molecule has 1 fully saturated rings. The highest BCUT2D eigenvalue weighted by Gasteiger charge is 2.25. The van der Waals surface area contributed by atoms with Gasteiger partial charge in [-0.25, -0.2) is 4.79 Å². The first-order valence-corrected chi connectivity index (χ1v) is 11.3.